The summed E-state index contributed by atoms with van der Waals surface area (Å²) in [5, 5.41) is 0. The van der Waals surface area contributed by atoms with Crippen LogP contribution in [-0.4, -0.2) is 32.9 Å². The van der Waals surface area contributed by atoms with Crippen molar-refractivity contribution in [3.05, 3.63) is 0 Å². The van der Waals surface area contributed by atoms with Gasteiger partial charge in [0.2, 0.25) is 0 Å². The van der Waals surface area contributed by atoms with Gasteiger partial charge in [0.1, 0.15) is 0 Å². The Morgan fingerprint density at radius 2 is 1.56 bits per heavy atom. The lowest BCUT2D eigenvalue weighted by molar-refractivity contribution is -0.143. The first kappa shape index (κ1) is 15.4. The van der Waals surface area contributed by atoms with Crippen LogP contribution in [0.3, 0.4) is 0 Å². The maximum Gasteiger partial charge on any atom is 0.329 e. The number of hydrogen-bond acceptors (Lipinski definition) is 5. The van der Waals surface area contributed by atoms with Crippen LogP contribution < -0.4 is 0 Å². The molecule has 0 bridgehead atoms. The number of ether oxygens (including phenoxy) is 1. The number of carbonyl (C=O) groups is 1. The van der Waals surface area contributed by atoms with Crippen molar-refractivity contribution in [1.29, 1.82) is 0 Å². The summed E-state index contributed by atoms with van der Waals surface area (Å²) in [6.45, 7) is 8.07. The van der Waals surface area contributed by atoms with E-state index in [1.807, 2.05) is 20.8 Å². The minimum absolute atomic E-state index is 0.0236. The molecule has 0 heterocycles. The molecular weight excluding hydrogens is 232 g/mol. The van der Waals surface area contributed by atoms with Crippen LogP contribution in [0.4, 0.5) is 0 Å². The summed E-state index contributed by atoms with van der Waals surface area (Å²) in [6, 6.07) is 0. The minimum Gasteiger partial charge on any atom is -0.468 e. The Morgan fingerprint density at radius 3 is 1.88 bits per heavy atom. The summed E-state index contributed by atoms with van der Waals surface area (Å²) in [4.78, 5) is 11.3. The molecule has 0 fully saturated rings. The average Bonchev–Trinajstić information content (AvgIpc) is 2.12. The highest BCUT2D eigenvalue weighted by molar-refractivity contribution is 7.89. The third-order valence-corrected chi connectivity index (χ3v) is 3.79. The number of esters is 1. The van der Waals surface area contributed by atoms with Crippen molar-refractivity contribution in [2.24, 2.45) is 5.41 Å². The Balaban J connectivity index is 4.87. The molecule has 6 heteroatoms. The van der Waals surface area contributed by atoms with E-state index in [9.17, 15) is 13.2 Å². The quantitative estimate of drug-likeness (QED) is 0.557. The lowest BCUT2D eigenvalue weighted by Crippen LogP contribution is -2.43. The summed E-state index contributed by atoms with van der Waals surface area (Å²) in [5.41, 5.74) is -0.292. The van der Waals surface area contributed by atoms with Gasteiger partial charge >= 0.3 is 5.97 Å². The standard InChI is InChI=1S/C10H20O5S/c1-9(2,3)7-15-16(12,13)10(4,5)8(11)14-6/h7H2,1-6H3. The summed E-state index contributed by atoms with van der Waals surface area (Å²) in [7, 11) is -2.84. The van der Waals surface area contributed by atoms with E-state index in [1.54, 1.807) is 0 Å². The Kier molecular flexibility index (Phi) is 4.53. The van der Waals surface area contributed by atoms with Crippen LogP contribution in [0.2, 0.25) is 0 Å². The summed E-state index contributed by atoms with van der Waals surface area (Å²) < 4.78 is 31.2. The molecule has 0 aromatic heterocycles. The van der Waals surface area contributed by atoms with Gasteiger partial charge in [-0.05, 0) is 19.3 Å². The molecule has 0 atom stereocenters. The second kappa shape index (κ2) is 4.71. The third-order valence-electron chi connectivity index (χ3n) is 1.95. The lowest BCUT2D eigenvalue weighted by atomic mass is 9.99. The van der Waals surface area contributed by atoms with E-state index in [-0.39, 0.29) is 12.0 Å². The van der Waals surface area contributed by atoms with Gasteiger partial charge in [0.25, 0.3) is 10.1 Å². The van der Waals surface area contributed by atoms with Gasteiger partial charge in [-0.25, -0.2) is 0 Å². The molecule has 0 spiro atoms. The first-order valence-corrected chi connectivity index (χ1v) is 6.32. The molecule has 0 amide bonds. The van der Waals surface area contributed by atoms with Crippen LogP contribution in [0, 0.1) is 5.41 Å². The molecule has 16 heavy (non-hydrogen) atoms. The topological polar surface area (TPSA) is 69.7 Å². The highest BCUT2D eigenvalue weighted by Gasteiger charge is 2.44. The zero-order chi connectivity index (χ0) is 13.2. The van der Waals surface area contributed by atoms with Gasteiger partial charge in [-0.1, -0.05) is 20.8 Å². The molecule has 0 aliphatic rings. The molecule has 5 nitrogen and oxygen atoms in total. The molecule has 0 rings (SSSR count). The Hall–Kier alpha value is -0.620. The predicted molar refractivity (Wildman–Crippen MR) is 60.4 cm³/mol. The summed E-state index contributed by atoms with van der Waals surface area (Å²) >= 11 is 0. The van der Waals surface area contributed by atoms with Gasteiger partial charge in [0.05, 0.1) is 13.7 Å². The highest BCUT2D eigenvalue weighted by atomic mass is 32.2. The smallest absolute Gasteiger partial charge is 0.329 e. The molecule has 0 aliphatic carbocycles. The molecule has 0 aliphatic heterocycles. The molecule has 0 saturated heterocycles. The number of rotatable bonds is 4. The number of carbonyl (C=O) groups excluding carboxylic acids is 1. The molecule has 0 N–H and O–H groups in total. The Morgan fingerprint density at radius 1 is 1.12 bits per heavy atom. The first-order chi connectivity index (χ1) is 6.94. The van der Waals surface area contributed by atoms with Crippen LogP contribution in [0.25, 0.3) is 0 Å². The highest BCUT2D eigenvalue weighted by Crippen LogP contribution is 2.23. The van der Waals surface area contributed by atoms with Crippen molar-refractivity contribution >= 4 is 16.1 Å². The largest absolute Gasteiger partial charge is 0.468 e. The number of methoxy groups -OCH3 is 1. The fraction of sp³-hybridized carbons (Fsp3) is 0.900. The second-order valence-corrected chi connectivity index (χ2v) is 7.44. The van der Waals surface area contributed by atoms with E-state index in [2.05, 4.69) is 4.74 Å². The fourth-order valence-corrected chi connectivity index (χ4v) is 1.84. The Labute approximate surface area is 97.2 Å². The molecule has 0 unspecified atom stereocenters. The van der Waals surface area contributed by atoms with E-state index in [0.717, 1.165) is 7.11 Å². The van der Waals surface area contributed by atoms with E-state index < -0.39 is 20.8 Å². The van der Waals surface area contributed by atoms with Crippen molar-refractivity contribution < 1.29 is 22.1 Å². The van der Waals surface area contributed by atoms with E-state index >= 15 is 0 Å². The van der Waals surface area contributed by atoms with Gasteiger partial charge < -0.3 is 4.74 Å². The fourth-order valence-electron chi connectivity index (χ4n) is 0.750. The van der Waals surface area contributed by atoms with Crippen LogP contribution in [0.15, 0.2) is 0 Å². The van der Waals surface area contributed by atoms with Crippen LogP contribution in [-0.2, 0) is 23.8 Å². The van der Waals surface area contributed by atoms with E-state index in [4.69, 9.17) is 4.18 Å². The normalized spacial score (nSPS) is 13.6. The third kappa shape index (κ3) is 3.75. The predicted octanol–water partition coefficient (Wildman–Crippen LogP) is 1.33. The van der Waals surface area contributed by atoms with Crippen molar-refractivity contribution in [2.75, 3.05) is 13.7 Å². The van der Waals surface area contributed by atoms with Crippen LogP contribution in [0.5, 0.6) is 0 Å². The average molecular weight is 252 g/mol. The molecule has 0 radical (unpaired) electrons. The molecule has 0 aromatic carbocycles. The van der Waals surface area contributed by atoms with Crippen molar-refractivity contribution in [1.82, 2.24) is 0 Å². The first-order valence-electron chi connectivity index (χ1n) is 4.91. The molecular formula is C10H20O5S. The van der Waals surface area contributed by atoms with Gasteiger partial charge in [-0.3, -0.25) is 8.98 Å². The second-order valence-electron chi connectivity index (χ2n) is 5.28. The minimum atomic E-state index is -3.98. The van der Waals surface area contributed by atoms with E-state index in [1.165, 1.54) is 13.8 Å². The van der Waals surface area contributed by atoms with Gasteiger partial charge in [-0.2, -0.15) is 8.42 Å². The summed E-state index contributed by atoms with van der Waals surface area (Å²) in [6.07, 6.45) is 0. The number of hydrogen-bond donors (Lipinski definition) is 0. The van der Waals surface area contributed by atoms with E-state index in [0.29, 0.717) is 0 Å². The monoisotopic (exact) mass is 252 g/mol. The van der Waals surface area contributed by atoms with Crippen LogP contribution >= 0.6 is 0 Å². The molecule has 0 saturated carbocycles. The summed E-state index contributed by atoms with van der Waals surface area (Å²) in [5.74, 6) is -0.832. The van der Waals surface area contributed by atoms with Gasteiger partial charge in [-0.15, -0.1) is 0 Å². The molecule has 96 valence electrons. The lowest BCUT2D eigenvalue weighted by Gasteiger charge is -2.24. The maximum atomic E-state index is 11.8. The SMILES string of the molecule is COC(=O)C(C)(C)S(=O)(=O)OCC(C)(C)C. The van der Waals surface area contributed by atoms with Crippen molar-refractivity contribution in [3.8, 4) is 0 Å². The van der Waals surface area contributed by atoms with Crippen molar-refractivity contribution in [3.63, 3.8) is 0 Å². The van der Waals surface area contributed by atoms with Gasteiger partial charge in [0, 0.05) is 0 Å². The van der Waals surface area contributed by atoms with Gasteiger partial charge in [0.15, 0.2) is 4.75 Å². The van der Waals surface area contributed by atoms with Crippen molar-refractivity contribution in [2.45, 2.75) is 39.4 Å². The Bertz CT molecular complexity index is 348. The zero-order valence-corrected chi connectivity index (χ0v) is 11.5. The van der Waals surface area contributed by atoms with Crippen LogP contribution in [0.1, 0.15) is 34.6 Å². The zero-order valence-electron chi connectivity index (χ0n) is 10.7. The maximum absolute atomic E-state index is 11.8. The molecule has 0 aromatic rings.